The first kappa shape index (κ1) is 19.2. The van der Waals surface area contributed by atoms with E-state index in [4.69, 9.17) is 9.47 Å². The number of benzene rings is 3. The lowest BCUT2D eigenvalue weighted by molar-refractivity contribution is 0.0955. The molecule has 0 bridgehead atoms. The van der Waals surface area contributed by atoms with Crippen LogP contribution in [0, 0.1) is 0 Å². The molecule has 2 N–H and O–H groups in total. The number of hydrogen-bond donors (Lipinski definition) is 2. The Bertz CT molecular complexity index is 1190. The molecule has 0 unspecified atom stereocenters. The van der Waals surface area contributed by atoms with Crippen molar-refractivity contribution < 1.29 is 14.3 Å². The van der Waals surface area contributed by atoms with E-state index in [1.807, 2.05) is 42.5 Å². The molecule has 0 aliphatic heterocycles. The second kappa shape index (κ2) is 8.91. The predicted molar refractivity (Wildman–Crippen MR) is 115 cm³/mol. The molecule has 0 atom stereocenters. The molecule has 4 aromatic rings. The average Bonchev–Trinajstić information content (AvgIpc) is 3.26. The zero-order chi connectivity index (χ0) is 20.8. The van der Waals surface area contributed by atoms with Gasteiger partial charge in [0.1, 0.15) is 6.61 Å². The van der Waals surface area contributed by atoms with Crippen LogP contribution in [0.2, 0.25) is 0 Å². The summed E-state index contributed by atoms with van der Waals surface area (Å²) in [5.41, 5.74) is 6.44. The number of carbonyl (C=O) groups excluding carboxylic acids is 1. The SMILES string of the molecule is COc1ccc(/C=N/NC(=O)c2ccc3nc[nH]c3c2)cc1OCc1ccccc1. The van der Waals surface area contributed by atoms with Crippen LogP contribution in [0.15, 0.2) is 78.2 Å². The molecule has 0 aliphatic rings. The Morgan fingerprint density at radius 1 is 1.10 bits per heavy atom. The number of aromatic amines is 1. The lowest BCUT2D eigenvalue weighted by Gasteiger charge is -2.11. The van der Waals surface area contributed by atoms with Gasteiger partial charge in [-0.2, -0.15) is 5.10 Å². The van der Waals surface area contributed by atoms with Crippen LogP contribution in [0.25, 0.3) is 11.0 Å². The minimum atomic E-state index is -0.309. The van der Waals surface area contributed by atoms with E-state index in [2.05, 4.69) is 20.5 Å². The molecular formula is C23H20N4O3. The van der Waals surface area contributed by atoms with Crippen LogP contribution in [0.5, 0.6) is 11.5 Å². The fourth-order valence-electron chi connectivity index (χ4n) is 2.93. The van der Waals surface area contributed by atoms with Gasteiger partial charge in [-0.15, -0.1) is 0 Å². The Hall–Kier alpha value is -4.13. The second-order valence-electron chi connectivity index (χ2n) is 6.52. The van der Waals surface area contributed by atoms with Gasteiger partial charge >= 0.3 is 0 Å². The summed E-state index contributed by atoms with van der Waals surface area (Å²) in [4.78, 5) is 19.4. The lowest BCUT2D eigenvalue weighted by Crippen LogP contribution is -2.17. The Kier molecular flexibility index (Phi) is 5.70. The minimum absolute atomic E-state index is 0.309. The van der Waals surface area contributed by atoms with Gasteiger partial charge in [0, 0.05) is 5.56 Å². The Morgan fingerprint density at radius 2 is 1.97 bits per heavy atom. The van der Waals surface area contributed by atoms with Crippen molar-refractivity contribution in [3.8, 4) is 11.5 Å². The van der Waals surface area contributed by atoms with Gasteiger partial charge in [-0.05, 0) is 47.5 Å². The largest absolute Gasteiger partial charge is 0.493 e. The quantitative estimate of drug-likeness (QED) is 0.364. The van der Waals surface area contributed by atoms with Gasteiger partial charge in [-0.1, -0.05) is 30.3 Å². The first-order valence-corrected chi connectivity index (χ1v) is 9.34. The summed E-state index contributed by atoms with van der Waals surface area (Å²) < 4.78 is 11.3. The minimum Gasteiger partial charge on any atom is -0.493 e. The van der Waals surface area contributed by atoms with Crippen LogP contribution < -0.4 is 14.9 Å². The molecule has 30 heavy (non-hydrogen) atoms. The summed E-state index contributed by atoms with van der Waals surface area (Å²) in [5, 5.41) is 4.05. The third-order valence-corrected chi connectivity index (χ3v) is 4.49. The summed E-state index contributed by atoms with van der Waals surface area (Å²) in [6.07, 6.45) is 3.15. The van der Waals surface area contributed by atoms with E-state index in [9.17, 15) is 4.79 Å². The highest BCUT2D eigenvalue weighted by atomic mass is 16.5. The number of fused-ring (bicyclic) bond motifs is 1. The van der Waals surface area contributed by atoms with E-state index < -0.39 is 0 Å². The number of H-pyrrole nitrogens is 1. The zero-order valence-corrected chi connectivity index (χ0v) is 16.3. The lowest BCUT2D eigenvalue weighted by atomic mass is 10.2. The molecule has 1 amide bonds. The van der Waals surface area contributed by atoms with Crippen LogP contribution in [0.4, 0.5) is 0 Å². The molecule has 0 spiro atoms. The van der Waals surface area contributed by atoms with E-state index in [1.54, 1.807) is 43.9 Å². The van der Waals surface area contributed by atoms with Crippen molar-refractivity contribution in [3.05, 3.63) is 89.7 Å². The standard InChI is InChI=1S/C23H20N4O3/c1-29-21-10-7-17(11-22(21)30-14-16-5-3-2-4-6-16)13-26-27-23(28)18-8-9-19-20(12-18)25-15-24-19/h2-13,15H,14H2,1H3,(H,24,25)(H,27,28)/b26-13+. The third-order valence-electron chi connectivity index (χ3n) is 4.49. The molecule has 0 radical (unpaired) electrons. The van der Waals surface area contributed by atoms with Crippen molar-refractivity contribution in [1.29, 1.82) is 0 Å². The Morgan fingerprint density at radius 3 is 2.80 bits per heavy atom. The van der Waals surface area contributed by atoms with Crippen molar-refractivity contribution in [1.82, 2.24) is 15.4 Å². The Balaban J connectivity index is 1.42. The summed E-state index contributed by atoms with van der Waals surface area (Å²) >= 11 is 0. The third kappa shape index (κ3) is 4.47. The van der Waals surface area contributed by atoms with Gasteiger partial charge in [0.15, 0.2) is 11.5 Å². The summed E-state index contributed by atoms with van der Waals surface area (Å²) in [6.45, 7) is 0.421. The topological polar surface area (TPSA) is 88.6 Å². The number of rotatable bonds is 7. The first-order valence-electron chi connectivity index (χ1n) is 9.34. The van der Waals surface area contributed by atoms with Crippen molar-refractivity contribution in [3.63, 3.8) is 0 Å². The number of aromatic nitrogens is 2. The maximum absolute atomic E-state index is 12.3. The maximum Gasteiger partial charge on any atom is 0.271 e. The number of hydrogen-bond acceptors (Lipinski definition) is 5. The molecule has 0 saturated carbocycles. The van der Waals surface area contributed by atoms with E-state index in [1.165, 1.54) is 0 Å². The molecule has 0 aliphatic carbocycles. The average molecular weight is 400 g/mol. The molecule has 1 heterocycles. The van der Waals surface area contributed by atoms with Gasteiger partial charge in [0.05, 0.1) is 30.7 Å². The van der Waals surface area contributed by atoms with Crippen molar-refractivity contribution in [2.24, 2.45) is 5.10 Å². The van der Waals surface area contributed by atoms with Crippen molar-refractivity contribution in [2.75, 3.05) is 7.11 Å². The second-order valence-corrected chi connectivity index (χ2v) is 6.52. The highest BCUT2D eigenvalue weighted by Crippen LogP contribution is 2.28. The first-order chi connectivity index (χ1) is 14.7. The van der Waals surface area contributed by atoms with Crippen LogP contribution >= 0.6 is 0 Å². The molecular weight excluding hydrogens is 380 g/mol. The van der Waals surface area contributed by atoms with Gasteiger partial charge in [0.2, 0.25) is 0 Å². The summed E-state index contributed by atoms with van der Waals surface area (Å²) in [5.74, 6) is 0.915. The monoisotopic (exact) mass is 400 g/mol. The van der Waals surface area contributed by atoms with E-state index >= 15 is 0 Å². The molecule has 3 aromatic carbocycles. The van der Waals surface area contributed by atoms with Crippen LogP contribution in [0.1, 0.15) is 21.5 Å². The molecule has 4 rings (SSSR count). The van der Waals surface area contributed by atoms with Gasteiger partial charge in [-0.25, -0.2) is 10.4 Å². The van der Waals surface area contributed by atoms with Crippen LogP contribution in [0.3, 0.4) is 0 Å². The predicted octanol–water partition coefficient (Wildman–Crippen LogP) is 3.91. The van der Waals surface area contributed by atoms with Gasteiger partial charge in [0.25, 0.3) is 5.91 Å². The zero-order valence-electron chi connectivity index (χ0n) is 16.3. The van der Waals surface area contributed by atoms with Gasteiger partial charge in [-0.3, -0.25) is 4.79 Å². The van der Waals surface area contributed by atoms with E-state index in [0.717, 1.165) is 22.2 Å². The highest BCUT2D eigenvalue weighted by molar-refractivity contribution is 5.97. The molecule has 0 fully saturated rings. The molecule has 150 valence electrons. The number of hydrazone groups is 1. The summed E-state index contributed by atoms with van der Waals surface area (Å²) in [6, 6.07) is 20.5. The highest BCUT2D eigenvalue weighted by Gasteiger charge is 2.08. The van der Waals surface area contributed by atoms with E-state index in [-0.39, 0.29) is 5.91 Å². The number of ether oxygens (including phenoxy) is 2. The molecule has 1 aromatic heterocycles. The smallest absolute Gasteiger partial charge is 0.271 e. The van der Waals surface area contributed by atoms with Crippen molar-refractivity contribution >= 4 is 23.2 Å². The number of nitrogens with one attached hydrogen (secondary N) is 2. The number of imidazole rings is 1. The fourth-order valence-corrected chi connectivity index (χ4v) is 2.93. The van der Waals surface area contributed by atoms with Crippen LogP contribution in [-0.2, 0) is 6.61 Å². The molecule has 0 saturated heterocycles. The van der Waals surface area contributed by atoms with Crippen LogP contribution in [-0.4, -0.2) is 29.2 Å². The normalized spacial score (nSPS) is 11.0. The Labute approximate surface area is 173 Å². The maximum atomic E-state index is 12.3. The van der Waals surface area contributed by atoms with Crippen molar-refractivity contribution in [2.45, 2.75) is 6.61 Å². The number of nitrogens with zero attached hydrogens (tertiary/aromatic N) is 2. The van der Waals surface area contributed by atoms with Gasteiger partial charge < -0.3 is 14.5 Å². The number of methoxy groups -OCH3 is 1. The number of amides is 1. The fraction of sp³-hybridized carbons (Fsp3) is 0.0870. The number of carbonyl (C=O) groups is 1. The summed E-state index contributed by atoms with van der Waals surface area (Å²) in [7, 11) is 1.59. The molecule has 7 heteroatoms. The van der Waals surface area contributed by atoms with E-state index in [0.29, 0.717) is 23.7 Å². The molecule has 7 nitrogen and oxygen atoms in total.